The minimum atomic E-state index is -3.46. The van der Waals surface area contributed by atoms with Gasteiger partial charge >= 0.3 is 0 Å². The molecule has 8 heteroatoms. The van der Waals surface area contributed by atoms with Crippen LogP contribution in [0.4, 0.5) is 0 Å². The van der Waals surface area contributed by atoms with Crippen molar-refractivity contribution in [3.8, 4) is 11.5 Å². The van der Waals surface area contributed by atoms with Gasteiger partial charge in [-0.3, -0.25) is 0 Å². The van der Waals surface area contributed by atoms with E-state index in [0.29, 0.717) is 42.1 Å². The molecule has 0 unspecified atom stereocenters. The summed E-state index contributed by atoms with van der Waals surface area (Å²) in [5.74, 6) is 1.50. The van der Waals surface area contributed by atoms with Gasteiger partial charge in [0.15, 0.2) is 0 Å². The second kappa shape index (κ2) is 11.1. The second-order valence-electron chi connectivity index (χ2n) is 8.69. The molecule has 0 bridgehead atoms. The maximum absolute atomic E-state index is 12.9. The van der Waals surface area contributed by atoms with Crippen LogP contribution in [-0.4, -0.2) is 61.8 Å². The molecule has 0 aliphatic carbocycles. The number of nitrogens with one attached hydrogen (secondary N) is 1. The molecule has 1 saturated heterocycles. The van der Waals surface area contributed by atoms with E-state index in [-0.39, 0.29) is 12.4 Å². The molecule has 1 aliphatic rings. The Morgan fingerprint density at radius 1 is 1.06 bits per heavy atom. The molecule has 3 N–H and O–H groups in total. The van der Waals surface area contributed by atoms with Crippen LogP contribution in [-0.2, 0) is 10.0 Å². The topological polar surface area (TPSA) is 99.1 Å². The first-order chi connectivity index (χ1) is 15.3. The smallest absolute Gasteiger partial charge is 0.243 e. The van der Waals surface area contributed by atoms with Crippen molar-refractivity contribution in [2.24, 2.45) is 5.92 Å². The van der Waals surface area contributed by atoms with E-state index in [0.717, 1.165) is 24.9 Å². The van der Waals surface area contributed by atoms with E-state index < -0.39 is 16.1 Å². The van der Waals surface area contributed by atoms with Gasteiger partial charge < -0.3 is 20.3 Å². The molecular formula is C24H34N2O5S. The van der Waals surface area contributed by atoms with Crippen LogP contribution in [0.2, 0.25) is 0 Å². The lowest BCUT2D eigenvalue weighted by atomic mass is 9.98. The van der Waals surface area contributed by atoms with Gasteiger partial charge in [0.05, 0.1) is 4.90 Å². The van der Waals surface area contributed by atoms with Crippen LogP contribution in [0.5, 0.6) is 11.5 Å². The summed E-state index contributed by atoms with van der Waals surface area (Å²) in [6.45, 7) is 6.48. The summed E-state index contributed by atoms with van der Waals surface area (Å²) in [6.07, 6.45) is 0.922. The normalized spacial score (nSPS) is 16.9. The molecule has 7 nitrogen and oxygen atoms in total. The minimum Gasteiger partial charge on any atom is -0.508 e. The number of aromatic hydroxyl groups is 1. The maximum Gasteiger partial charge on any atom is 0.243 e. The van der Waals surface area contributed by atoms with E-state index in [9.17, 15) is 18.6 Å². The Morgan fingerprint density at radius 2 is 1.69 bits per heavy atom. The fourth-order valence-corrected chi connectivity index (χ4v) is 5.24. The first kappa shape index (κ1) is 24.5. The highest BCUT2D eigenvalue weighted by Gasteiger charge is 2.29. The van der Waals surface area contributed by atoms with Crippen molar-refractivity contribution in [2.45, 2.75) is 43.6 Å². The first-order valence-electron chi connectivity index (χ1n) is 11.2. The number of phenolic OH excluding ortho intramolecular Hbond substituents is 1. The van der Waals surface area contributed by atoms with Crippen LogP contribution < -0.4 is 10.1 Å². The van der Waals surface area contributed by atoms with Crippen molar-refractivity contribution in [3.63, 3.8) is 0 Å². The van der Waals surface area contributed by atoms with E-state index in [1.807, 2.05) is 12.1 Å². The van der Waals surface area contributed by atoms with E-state index in [4.69, 9.17) is 4.74 Å². The molecule has 3 rings (SSSR count). The molecule has 1 fully saturated rings. The summed E-state index contributed by atoms with van der Waals surface area (Å²) >= 11 is 0. The van der Waals surface area contributed by atoms with E-state index in [2.05, 4.69) is 19.2 Å². The van der Waals surface area contributed by atoms with Gasteiger partial charge in [-0.2, -0.15) is 4.31 Å². The molecule has 0 spiro atoms. The molecular weight excluding hydrogens is 428 g/mol. The van der Waals surface area contributed by atoms with Gasteiger partial charge in [-0.25, -0.2) is 8.42 Å². The van der Waals surface area contributed by atoms with Crippen LogP contribution in [0.25, 0.3) is 0 Å². The number of piperidine rings is 1. The highest BCUT2D eigenvalue weighted by molar-refractivity contribution is 7.89. The van der Waals surface area contributed by atoms with Crippen molar-refractivity contribution >= 4 is 10.0 Å². The van der Waals surface area contributed by atoms with Crippen molar-refractivity contribution in [2.75, 3.05) is 32.8 Å². The Labute approximate surface area is 191 Å². The zero-order valence-corrected chi connectivity index (χ0v) is 19.6. The number of sulfonamides is 1. The molecule has 1 heterocycles. The number of phenols is 1. The van der Waals surface area contributed by atoms with Gasteiger partial charge in [0, 0.05) is 19.6 Å². The van der Waals surface area contributed by atoms with Crippen LogP contribution in [0.1, 0.15) is 38.2 Å². The molecule has 2 aromatic carbocycles. The highest BCUT2D eigenvalue weighted by Crippen LogP contribution is 2.25. The van der Waals surface area contributed by atoms with Crippen LogP contribution in [0.15, 0.2) is 53.4 Å². The lowest BCUT2D eigenvalue weighted by Gasteiger charge is -2.31. The van der Waals surface area contributed by atoms with E-state index in [1.54, 1.807) is 28.6 Å². The number of aliphatic hydroxyl groups excluding tert-OH is 1. The Balaban J connectivity index is 1.38. The predicted molar refractivity (Wildman–Crippen MR) is 124 cm³/mol. The number of hydrogen-bond acceptors (Lipinski definition) is 6. The lowest BCUT2D eigenvalue weighted by molar-refractivity contribution is 0.104. The molecule has 176 valence electrons. The number of hydrogen-bond donors (Lipinski definition) is 3. The molecule has 0 aromatic heterocycles. The number of ether oxygens (including phenoxy) is 1. The third-order valence-corrected chi connectivity index (χ3v) is 7.76. The SMILES string of the molecule is CC(C)c1ccc(S(=O)(=O)N2CCC(CNC[C@H](O)COc3ccc(O)cc3)CC2)cc1. The predicted octanol–water partition coefficient (Wildman–Crippen LogP) is 2.95. The van der Waals surface area contributed by atoms with Crippen molar-refractivity contribution in [1.29, 1.82) is 0 Å². The minimum absolute atomic E-state index is 0.157. The number of rotatable bonds is 10. The molecule has 32 heavy (non-hydrogen) atoms. The van der Waals surface area contributed by atoms with Crippen molar-refractivity contribution < 1.29 is 23.4 Å². The quantitative estimate of drug-likeness (QED) is 0.502. The average Bonchev–Trinajstić information content (AvgIpc) is 2.79. The first-order valence-corrected chi connectivity index (χ1v) is 12.6. The largest absolute Gasteiger partial charge is 0.508 e. The van der Waals surface area contributed by atoms with Crippen molar-refractivity contribution in [1.82, 2.24) is 9.62 Å². The summed E-state index contributed by atoms with van der Waals surface area (Å²) in [4.78, 5) is 0.357. The third-order valence-electron chi connectivity index (χ3n) is 5.85. The zero-order valence-electron chi connectivity index (χ0n) is 18.8. The summed E-state index contributed by atoms with van der Waals surface area (Å²) in [5, 5.41) is 22.6. The Bertz CT molecular complexity index is 937. The molecule has 0 radical (unpaired) electrons. The summed E-state index contributed by atoms with van der Waals surface area (Å²) in [5.41, 5.74) is 1.13. The fourth-order valence-electron chi connectivity index (χ4n) is 3.78. The Hall–Kier alpha value is -2.13. The van der Waals surface area contributed by atoms with Crippen LogP contribution >= 0.6 is 0 Å². The number of benzene rings is 2. The summed E-state index contributed by atoms with van der Waals surface area (Å²) in [7, 11) is -3.46. The van der Waals surface area contributed by atoms with Gasteiger partial charge in [0.1, 0.15) is 24.2 Å². The third kappa shape index (κ3) is 6.68. The molecule has 1 atom stereocenters. The van der Waals surface area contributed by atoms with Gasteiger partial charge in [-0.15, -0.1) is 0 Å². The van der Waals surface area contributed by atoms with Gasteiger partial charge in [-0.1, -0.05) is 26.0 Å². The lowest BCUT2D eigenvalue weighted by Crippen LogP contribution is -2.42. The Morgan fingerprint density at radius 3 is 2.28 bits per heavy atom. The number of nitrogens with zero attached hydrogens (tertiary/aromatic N) is 1. The van der Waals surface area contributed by atoms with Gasteiger partial charge in [0.2, 0.25) is 10.0 Å². The Kier molecular flexibility index (Phi) is 8.53. The van der Waals surface area contributed by atoms with E-state index >= 15 is 0 Å². The standard InChI is InChI=1S/C24H34N2O5S/c1-18(2)20-3-9-24(10-4-20)32(29,30)26-13-11-19(12-14-26)15-25-16-22(28)17-31-23-7-5-21(27)6-8-23/h3-10,18-19,22,25,27-28H,11-17H2,1-2H3/t22-/m0/s1. The van der Waals surface area contributed by atoms with Crippen molar-refractivity contribution in [3.05, 3.63) is 54.1 Å². The maximum atomic E-state index is 12.9. The van der Waals surface area contributed by atoms with Gasteiger partial charge in [0.25, 0.3) is 0 Å². The van der Waals surface area contributed by atoms with E-state index in [1.165, 1.54) is 12.1 Å². The molecule has 2 aromatic rings. The second-order valence-corrected chi connectivity index (χ2v) is 10.6. The van der Waals surface area contributed by atoms with Crippen LogP contribution in [0.3, 0.4) is 0 Å². The molecule has 1 aliphatic heterocycles. The molecule has 0 amide bonds. The monoisotopic (exact) mass is 462 g/mol. The van der Waals surface area contributed by atoms with Gasteiger partial charge in [-0.05, 0) is 73.2 Å². The fraction of sp³-hybridized carbons (Fsp3) is 0.500. The molecule has 0 saturated carbocycles. The summed E-state index contributed by atoms with van der Waals surface area (Å²) < 4.78 is 33.0. The summed E-state index contributed by atoms with van der Waals surface area (Å²) in [6, 6.07) is 13.6. The highest BCUT2D eigenvalue weighted by atomic mass is 32.2. The zero-order chi connectivity index (χ0) is 23.1. The average molecular weight is 463 g/mol. The van der Waals surface area contributed by atoms with Crippen LogP contribution in [0, 0.1) is 5.92 Å². The number of aliphatic hydroxyl groups is 1.